The summed E-state index contributed by atoms with van der Waals surface area (Å²) in [6, 6.07) is 3.00. The summed E-state index contributed by atoms with van der Waals surface area (Å²) in [4.78, 5) is 26.4. The number of ether oxygens (including phenoxy) is 2. The Labute approximate surface area is 188 Å². The SMILES string of the molecule is NC(=O)c1c(OCc2cc3c(cc2F)CCO3)nsc1NC(=O)CCCN1CC[C@@H](O)C1. The Morgan fingerprint density at radius 3 is 3.03 bits per heavy atom. The van der Waals surface area contributed by atoms with Crippen molar-refractivity contribution in [3.63, 3.8) is 0 Å². The molecule has 3 heterocycles. The fourth-order valence-corrected chi connectivity index (χ4v) is 4.60. The zero-order chi connectivity index (χ0) is 22.7. The topological polar surface area (TPSA) is 127 Å². The van der Waals surface area contributed by atoms with E-state index in [4.69, 9.17) is 15.2 Å². The van der Waals surface area contributed by atoms with Crippen LogP contribution in [-0.2, 0) is 17.8 Å². The molecule has 0 unspecified atom stereocenters. The van der Waals surface area contributed by atoms with Crippen molar-refractivity contribution in [1.82, 2.24) is 9.27 Å². The van der Waals surface area contributed by atoms with Gasteiger partial charge in [0.25, 0.3) is 5.91 Å². The normalized spacial score (nSPS) is 17.8. The summed E-state index contributed by atoms with van der Waals surface area (Å²) in [6.07, 6.45) is 1.98. The second kappa shape index (κ2) is 9.80. The first kappa shape index (κ1) is 22.4. The predicted molar refractivity (Wildman–Crippen MR) is 115 cm³/mol. The van der Waals surface area contributed by atoms with E-state index in [0.29, 0.717) is 38.3 Å². The number of aliphatic hydroxyl groups excluding tert-OH is 1. The molecule has 0 saturated carbocycles. The van der Waals surface area contributed by atoms with Crippen molar-refractivity contribution in [3.05, 3.63) is 34.6 Å². The predicted octanol–water partition coefficient (Wildman–Crippen LogP) is 1.68. The zero-order valence-electron chi connectivity index (χ0n) is 17.4. The maximum Gasteiger partial charge on any atom is 0.257 e. The van der Waals surface area contributed by atoms with Crippen LogP contribution < -0.4 is 20.5 Å². The molecule has 11 heteroatoms. The van der Waals surface area contributed by atoms with Crippen molar-refractivity contribution in [3.8, 4) is 11.6 Å². The Balaban J connectivity index is 1.35. The third-order valence-electron chi connectivity index (χ3n) is 5.51. The van der Waals surface area contributed by atoms with Crippen LogP contribution in [0.2, 0.25) is 0 Å². The first-order valence-electron chi connectivity index (χ1n) is 10.5. The second-order valence-corrected chi connectivity index (χ2v) is 8.66. The quantitative estimate of drug-likeness (QED) is 0.515. The minimum absolute atomic E-state index is 0.0381. The van der Waals surface area contributed by atoms with Gasteiger partial charge in [-0.15, -0.1) is 0 Å². The average molecular weight is 465 g/mol. The summed E-state index contributed by atoms with van der Waals surface area (Å²) in [5.74, 6) is -0.930. The van der Waals surface area contributed by atoms with Gasteiger partial charge in [-0.25, -0.2) is 4.39 Å². The molecule has 0 bridgehead atoms. The number of nitrogens with one attached hydrogen (secondary N) is 1. The van der Waals surface area contributed by atoms with Crippen LogP contribution in [0.25, 0.3) is 0 Å². The van der Waals surface area contributed by atoms with Crippen LogP contribution in [0.5, 0.6) is 11.6 Å². The van der Waals surface area contributed by atoms with Crippen molar-refractivity contribution in [2.45, 2.75) is 38.4 Å². The third-order valence-corrected chi connectivity index (χ3v) is 6.25. The first-order chi connectivity index (χ1) is 15.4. The van der Waals surface area contributed by atoms with Gasteiger partial charge in [0.15, 0.2) is 0 Å². The smallest absolute Gasteiger partial charge is 0.257 e. The second-order valence-electron chi connectivity index (χ2n) is 7.89. The number of amides is 2. The number of primary amides is 1. The van der Waals surface area contributed by atoms with E-state index in [1.165, 1.54) is 6.07 Å². The van der Waals surface area contributed by atoms with Crippen molar-refractivity contribution in [2.24, 2.45) is 5.73 Å². The molecule has 32 heavy (non-hydrogen) atoms. The minimum Gasteiger partial charge on any atom is -0.493 e. The first-order valence-corrected chi connectivity index (χ1v) is 11.2. The number of anilines is 1. The third kappa shape index (κ3) is 5.17. The molecule has 2 aliphatic heterocycles. The van der Waals surface area contributed by atoms with Crippen LogP contribution in [0.4, 0.5) is 9.39 Å². The minimum atomic E-state index is -0.798. The number of carbonyl (C=O) groups is 2. The van der Waals surface area contributed by atoms with E-state index in [9.17, 15) is 19.1 Å². The van der Waals surface area contributed by atoms with Gasteiger partial charge in [0.1, 0.15) is 28.7 Å². The fourth-order valence-electron chi connectivity index (χ4n) is 3.84. The summed E-state index contributed by atoms with van der Waals surface area (Å²) in [5.41, 5.74) is 6.52. The maximum absolute atomic E-state index is 14.3. The number of halogens is 1. The Bertz CT molecular complexity index is 1010. The van der Waals surface area contributed by atoms with Gasteiger partial charge in [-0.3, -0.25) is 9.59 Å². The Morgan fingerprint density at radius 2 is 2.28 bits per heavy atom. The molecule has 0 aliphatic carbocycles. The summed E-state index contributed by atoms with van der Waals surface area (Å²) in [7, 11) is 0. The van der Waals surface area contributed by atoms with Crippen molar-refractivity contribution >= 4 is 28.3 Å². The molecule has 0 spiro atoms. The monoisotopic (exact) mass is 464 g/mol. The Morgan fingerprint density at radius 1 is 1.44 bits per heavy atom. The highest BCUT2D eigenvalue weighted by Gasteiger charge is 2.24. The van der Waals surface area contributed by atoms with E-state index in [1.54, 1.807) is 6.07 Å². The summed E-state index contributed by atoms with van der Waals surface area (Å²) in [6.45, 7) is 2.50. The number of carbonyl (C=O) groups excluding carboxylic acids is 2. The molecule has 1 saturated heterocycles. The van der Waals surface area contributed by atoms with Crippen LogP contribution in [-0.4, -0.2) is 58.5 Å². The lowest BCUT2D eigenvalue weighted by Crippen LogP contribution is -2.24. The molecule has 2 aliphatic rings. The summed E-state index contributed by atoms with van der Waals surface area (Å²) >= 11 is 0.882. The molecular weight excluding hydrogens is 439 g/mol. The van der Waals surface area contributed by atoms with Gasteiger partial charge in [-0.05, 0) is 43.1 Å². The molecule has 1 fully saturated rings. The molecule has 2 aromatic rings. The van der Waals surface area contributed by atoms with Gasteiger partial charge in [-0.1, -0.05) is 0 Å². The summed E-state index contributed by atoms with van der Waals surface area (Å²) in [5, 5.41) is 12.4. The fraction of sp³-hybridized carbons (Fsp3) is 0.476. The van der Waals surface area contributed by atoms with Crippen molar-refractivity contribution < 1.29 is 28.6 Å². The number of nitrogens with zero attached hydrogens (tertiary/aromatic N) is 2. The van der Waals surface area contributed by atoms with Gasteiger partial charge in [0.2, 0.25) is 11.8 Å². The van der Waals surface area contributed by atoms with E-state index in [-0.39, 0.29) is 47.0 Å². The molecule has 4 N–H and O–H groups in total. The number of likely N-dealkylation sites (tertiary alicyclic amines) is 1. The lowest BCUT2D eigenvalue weighted by atomic mass is 10.1. The number of fused-ring (bicyclic) bond motifs is 1. The van der Waals surface area contributed by atoms with E-state index >= 15 is 0 Å². The molecule has 1 atom stereocenters. The molecule has 1 aromatic carbocycles. The molecular formula is C21H25FN4O5S. The number of rotatable bonds is 9. The number of aromatic nitrogens is 1. The molecule has 4 rings (SSSR count). The van der Waals surface area contributed by atoms with E-state index in [1.807, 2.05) is 0 Å². The average Bonchev–Trinajstić information content (AvgIpc) is 3.46. The van der Waals surface area contributed by atoms with Crippen LogP contribution in [0, 0.1) is 5.82 Å². The van der Waals surface area contributed by atoms with Gasteiger partial charge in [0, 0.05) is 37.1 Å². The van der Waals surface area contributed by atoms with E-state index in [2.05, 4.69) is 14.6 Å². The number of β-amino-alcohol motifs (C(OH)–C–C–N with tert-alkyl or cyclic N) is 1. The lowest BCUT2D eigenvalue weighted by molar-refractivity contribution is -0.116. The van der Waals surface area contributed by atoms with Gasteiger partial charge in [0.05, 0.1) is 12.7 Å². The number of hydrogen-bond donors (Lipinski definition) is 3. The molecule has 0 radical (unpaired) electrons. The van der Waals surface area contributed by atoms with Crippen LogP contribution in [0.15, 0.2) is 12.1 Å². The summed E-state index contributed by atoms with van der Waals surface area (Å²) < 4.78 is 29.4. The molecule has 2 amide bonds. The van der Waals surface area contributed by atoms with Gasteiger partial charge < -0.3 is 30.5 Å². The molecule has 1 aromatic heterocycles. The van der Waals surface area contributed by atoms with E-state index in [0.717, 1.165) is 30.1 Å². The van der Waals surface area contributed by atoms with Gasteiger partial charge >= 0.3 is 0 Å². The molecule has 172 valence electrons. The largest absolute Gasteiger partial charge is 0.493 e. The zero-order valence-corrected chi connectivity index (χ0v) is 18.3. The van der Waals surface area contributed by atoms with Crippen LogP contribution >= 0.6 is 11.5 Å². The maximum atomic E-state index is 14.3. The van der Waals surface area contributed by atoms with Crippen LogP contribution in [0.3, 0.4) is 0 Å². The number of benzene rings is 1. The van der Waals surface area contributed by atoms with Gasteiger partial charge in [-0.2, -0.15) is 4.37 Å². The highest BCUT2D eigenvalue weighted by molar-refractivity contribution is 7.11. The van der Waals surface area contributed by atoms with Crippen molar-refractivity contribution in [2.75, 3.05) is 31.6 Å². The number of hydrogen-bond acceptors (Lipinski definition) is 8. The lowest BCUT2D eigenvalue weighted by Gasteiger charge is -2.14. The number of nitrogens with two attached hydrogens (primary N) is 1. The van der Waals surface area contributed by atoms with Crippen molar-refractivity contribution in [1.29, 1.82) is 0 Å². The number of aliphatic hydroxyl groups is 1. The Hall–Kier alpha value is -2.76. The Kier molecular flexibility index (Phi) is 6.87. The molecule has 9 nitrogen and oxygen atoms in total. The highest BCUT2D eigenvalue weighted by Crippen LogP contribution is 2.32. The van der Waals surface area contributed by atoms with Crippen LogP contribution in [0.1, 0.15) is 40.7 Å². The van der Waals surface area contributed by atoms with E-state index < -0.39 is 11.7 Å². The highest BCUT2D eigenvalue weighted by atomic mass is 32.1. The standard InChI is InChI=1S/C21H25FN4O5S/c22-15-8-12-4-7-30-16(12)9-13(15)11-31-20-18(19(23)29)21(32-25-20)24-17(28)2-1-5-26-6-3-14(27)10-26/h8-9,14,27H,1-7,10-11H2,(H2,23,29)(H,24,28)/t14-/m1/s1.